The Labute approximate surface area is 118 Å². The Balaban J connectivity index is 2.35. The monoisotopic (exact) mass is 263 g/mol. The van der Waals surface area contributed by atoms with E-state index in [1.165, 1.54) is 37.7 Å². The second-order valence-corrected chi connectivity index (χ2v) is 6.76. The van der Waals surface area contributed by atoms with Crippen LogP contribution in [0.5, 0.6) is 0 Å². The van der Waals surface area contributed by atoms with Gasteiger partial charge in [-0.15, -0.1) is 0 Å². The minimum Gasteiger partial charge on any atom is -0.466 e. The lowest BCUT2D eigenvalue weighted by Crippen LogP contribution is -2.36. The Morgan fingerprint density at radius 1 is 1.26 bits per heavy atom. The maximum absolute atomic E-state index is 5.77. The van der Waals surface area contributed by atoms with Crippen LogP contribution in [0.3, 0.4) is 0 Å². The van der Waals surface area contributed by atoms with E-state index in [0.717, 1.165) is 17.4 Å². The van der Waals surface area contributed by atoms with Crippen molar-refractivity contribution in [2.75, 3.05) is 7.05 Å². The molecule has 108 valence electrons. The van der Waals surface area contributed by atoms with Gasteiger partial charge in [0.15, 0.2) is 0 Å². The third kappa shape index (κ3) is 2.89. The van der Waals surface area contributed by atoms with Crippen LogP contribution >= 0.6 is 0 Å². The SMILES string of the molecule is CNC(c1cc(C)oc1C)C1(CC(C)C)CCCC1. The first kappa shape index (κ1) is 14.6. The molecule has 0 aromatic carbocycles. The van der Waals surface area contributed by atoms with Crippen molar-refractivity contribution in [2.24, 2.45) is 11.3 Å². The molecule has 1 fully saturated rings. The molecule has 2 heteroatoms. The summed E-state index contributed by atoms with van der Waals surface area (Å²) in [5, 5.41) is 3.60. The van der Waals surface area contributed by atoms with E-state index >= 15 is 0 Å². The second kappa shape index (κ2) is 5.70. The first-order valence-corrected chi connectivity index (χ1v) is 7.73. The minimum absolute atomic E-state index is 0.421. The van der Waals surface area contributed by atoms with Gasteiger partial charge in [-0.3, -0.25) is 0 Å². The van der Waals surface area contributed by atoms with Crippen LogP contribution in [0.15, 0.2) is 10.5 Å². The van der Waals surface area contributed by atoms with Gasteiger partial charge in [-0.25, -0.2) is 0 Å². The van der Waals surface area contributed by atoms with Gasteiger partial charge >= 0.3 is 0 Å². The number of rotatable bonds is 5. The summed E-state index contributed by atoms with van der Waals surface area (Å²) in [4.78, 5) is 0. The molecule has 0 spiro atoms. The van der Waals surface area contributed by atoms with Crippen LogP contribution in [-0.4, -0.2) is 7.05 Å². The predicted molar refractivity (Wildman–Crippen MR) is 80.3 cm³/mol. The lowest BCUT2D eigenvalue weighted by atomic mass is 9.70. The predicted octanol–water partition coefficient (Wildman–Crippen LogP) is 4.76. The molecule has 2 nitrogen and oxygen atoms in total. The topological polar surface area (TPSA) is 25.2 Å². The average molecular weight is 263 g/mol. The molecule has 0 aliphatic heterocycles. The Hall–Kier alpha value is -0.760. The van der Waals surface area contributed by atoms with Crippen LogP contribution in [0.2, 0.25) is 0 Å². The molecule has 0 bridgehead atoms. The van der Waals surface area contributed by atoms with Crippen molar-refractivity contribution in [3.63, 3.8) is 0 Å². The third-order valence-corrected chi connectivity index (χ3v) is 4.71. The van der Waals surface area contributed by atoms with E-state index in [2.05, 4.69) is 39.2 Å². The second-order valence-electron chi connectivity index (χ2n) is 6.76. The number of nitrogens with one attached hydrogen (secondary N) is 1. The molecular formula is C17H29NO. The van der Waals surface area contributed by atoms with Gasteiger partial charge < -0.3 is 9.73 Å². The van der Waals surface area contributed by atoms with Crippen molar-refractivity contribution < 1.29 is 4.42 Å². The normalized spacial score (nSPS) is 20.1. The fraction of sp³-hybridized carbons (Fsp3) is 0.765. The summed E-state index contributed by atoms with van der Waals surface area (Å²) in [6, 6.07) is 2.67. The Bertz CT molecular complexity index is 413. The van der Waals surface area contributed by atoms with Crippen molar-refractivity contribution in [3.8, 4) is 0 Å². The molecule has 1 heterocycles. The van der Waals surface area contributed by atoms with Gasteiger partial charge in [0.1, 0.15) is 11.5 Å². The smallest absolute Gasteiger partial charge is 0.105 e. The van der Waals surface area contributed by atoms with Crippen LogP contribution in [0, 0.1) is 25.2 Å². The first-order valence-electron chi connectivity index (χ1n) is 7.73. The van der Waals surface area contributed by atoms with Crippen LogP contribution in [-0.2, 0) is 0 Å². The Morgan fingerprint density at radius 3 is 2.32 bits per heavy atom. The summed E-state index contributed by atoms with van der Waals surface area (Å²) >= 11 is 0. The molecule has 1 aliphatic rings. The van der Waals surface area contributed by atoms with E-state index in [0.29, 0.717) is 11.5 Å². The van der Waals surface area contributed by atoms with E-state index in [1.54, 1.807) is 0 Å². The molecule has 1 aromatic rings. The summed E-state index contributed by atoms with van der Waals surface area (Å²) in [6.07, 6.45) is 6.75. The zero-order valence-electron chi connectivity index (χ0n) is 13.2. The molecular weight excluding hydrogens is 234 g/mol. The van der Waals surface area contributed by atoms with Crippen molar-refractivity contribution in [1.29, 1.82) is 0 Å². The van der Waals surface area contributed by atoms with Crippen LogP contribution in [0.25, 0.3) is 0 Å². The zero-order valence-corrected chi connectivity index (χ0v) is 13.2. The summed E-state index contributed by atoms with van der Waals surface area (Å²) in [6.45, 7) is 8.85. The minimum atomic E-state index is 0.421. The molecule has 0 saturated heterocycles. The van der Waals surface area contributed by atoms with Gasteiger partial charge in [-0.2, -0.15) is 0 Å². The van der Waals surface area contributed by atoms with Gasteiger partial charge in [0, 0.05) is 11.6 Å². The molecule has 1 aromatic heterocycles. The largest absolute Gasteiger partial charge is 0.466 e. The quantitative estimate of drug-likeness (QED) is 0.828. The highest BCUT2D eigenvalue weighted by Gasteiger charge is 2.42. The molecule has 1 saturated carbocycles. The lowest BCUT2D eigenvalue weighted by Gasteiger charge is -2.39. The van der Waals surface area contributed by atoms with Crippen molar-refractivity contribution in [1.82, 2.24) is 5.32 Å². The van der Waals surface area contributed by atoms with E-state index in [1.807, 2.05) is 6.92 Å². The maximum atomic E-state index is 5.77. The van der Waals surface area contributed by atoms with Gasteiger partial charge in [-0.05, 0) is 57.6 Å². The van der Waals surface area contributed by atoms with Crippen LogP contribution in [0.1, 0.15) is 69.1 Å². The van der Waals surface area contributed by atoms with E-state index in [-0.39, 0.29) is 0 Å². The maximum Gasteiger partial charge on any atom is 0.105 e. The van der Waals surface area contributed by atoms with Crippen molar-refractivity contribution in [2.45, 2.75) is 65.8 Å². The Kier molecular flexibility index (Phi) is 4.39. The van der Waals surface area contributed by atoms with Crippen LogP contribution in [0.4, 0.5) is 0 Å². The molecule has 1 N–H and O–H groups in total. The number of furan rings is 1. The van der Waals surface area contributed by atoms with E-state index in [4.69, 9.17) is 4.42 Å². The van der Waals surface area contributed by atoms with Gasteiger partial charge in [0.25, 0.3) is 0 Å². The number of hydrogen-bond donors (Lipinski definition) is 1. The molecule has 0 amide bonds. The molecule has 2 rings (SSSR count). The molecule has 0 radical (unpaired) electrons. The van der Waals surface area contributed by atoms with Gasteiger partial charge in [0.05, 0.1) is 0 Å². The number of hydrogen-bond acceptors (Lipinski definition) is 2. The van der Waals surface area contributed by atoms with E-state index < -0.39 is 0 Å². The highest BCUT2D eigenvalue weighted by atomic mass is 16.3. The summed E-state index contributed by atoms with van der Waals surface area (Å²) in [7, 11) is 2.10. The summed E-state index contributed by atoms with van der Waals surface area (Å²) < 4.78 is 5.77. The van der Waals surface area contributed by atoms with Crippen LogP contribution < -0.4 is 5.32 Å². The molecule has 1 atom stereocenters. The first-order chi connectivity index (χ1) is 8.98. The number of aryl methyl sites for hydroxylation is 2. The van der Waals surface area contributed by atoms with Gasteiger partial charge in [0.2, 0.25) is 0 Å². The fourth-order valence-corrected chi connectivity index (χ4v) is 4.23. The van der Waals surface area contributed by atoms with Gasteiger partial charge in [-0.1, -0.05) is 26.7 Å². The standard InChI is InChI=1S/C17H29NO/c1-12(2)11-17(8-6-7-9-17)16(18-5)15-10-13(3)19-14(15)4/h10,12,16,18H,6-9,11H2,1-5H3. The molecule has 19 heavy (non-hydrogen) atoms. The lowest BCUT2D eigenvalue weighted by molar-refractivity contribution is 0.160. The average Bonchev–Trinajstić information content (AvgIpc) is 2.88. The third-order valence-electron chi connectivity index (χ3n) is 4.71. The Morgan fingerprint density at radius 2 is 1.89 bits per heavy atom. The highest BCUT2D eigenvalue weighted by Crippen LogP contribution is 2.52. The zero-order chi connectivity index (χ0) is 14.0. The molecule has 1 unspecified atom stereocenters. The summed E-state index contributed by atoms with van der Waals surface area (Å²) in [5.74, 6) is 2.87. The van der Waals surface area contributed by atoms with E-state index in [9.17, 15) is 0 Å². The summed E-state index contributed by atoms with van der Waals surface area (Å²) in [5.41, 5.74) is 1.80. The van der Waals surface area contributed by atoms with Crippen molar-refractivity contribution in [3.05, 3.63) is 23.2 Å². The molecule has 1 aliphatic carbocycles. The fourth-order valence-electron chi connectivity index (χ4n) is 4.23. The highest BCUT2D eigenvalue weighted by molar-refractivity contribution is 5.27. The van der Waals surface area contributed by atoms with Crippen molar-refractivity contribution >= 4 is 0 Å².